The van der Waals surface area contributed by atoms with E-state index in [1.807, 2.05) is 36.5 Å². The average molecular weight is 411 g/mol. The van der Waals surface area contributed by atoms with Crippen molar-refractivity contribution in [3.8, 4) is 11.1 Å². The number of aromatic nitrogens is 4. The molecule has 4 aromatic rings. The highest BCUT2D eigenvalue weighted by atomic mass is 35.5. The number of ether oxygens (including phenoxy) is 1. The number of hydrogen-bond donors (Lipinski definition) is 0. The van der Waals surface area contributed by atoms with E-state index in [-0.39, 0.29) is 5.56 Å². The maximum atomic E-state index is 12.9. The van der Waals surface area contributed by atoms with Crippen LogP contribution in [0.2, 0.25) is 5.02 Å². The van der Waals surface area contributed by atoms with Crippen molar-refractivity contribution < 1.29 is 4.74 Å². The number of benzene rings is 1. The molecule has 3 aromatic heterocycles. The second-order valence-electron chi connectivity index (χ2n) is 7.08. The molecule has 0 saturated carbocycles. The van der Waals surface area contributed by atoms with Crippen LogP contribution in [0.25, 0.3) is 27.7 Å². The molecular formula is C22H23ClN4O2. The molecule has 150 valence electrons. The highest BCUT2D eigenvalue weighted by Crippen LogP contribution is 2.30. The molecule has 29 heavy (non-hydrogen) atoms. The van der Waals surface area contributed by atoms with Gasteiger partial charge in [0.2, 0.25) is 0 Å². The lowest BCUT2D eigenvalue weighted by molar-refractivity contribution is 0.181. The van der Waals surface area contributed by atoms with E-state index in [9.17, 15) is 4.79 Å². The first-order chi connectivity index (χ1) is 14.1. The highest BCUT2D eigenvalue weighted by Gasteiger charge is 2.18. The lowest BCUT2D eigenvalue weighted by Crippen LogP contribution is -2.20. The van der Waals surface area contributed by atoms with Crippen molar-refractivity contribution in [3.63, 3.8) is 0 Å². The Hall–Kier alpha value is -2.70. The third-order valence-corrected chi connectivity index (χ3v) is 5.33. The van der Waals surface area contributed by atoms with Gasteiger partial charge in [-0.15, -0.1) is 0 Å². The van der Waals surface area contributed by atoms with Gasteiger partial charge in [0, 0.05) is 31.1 Å². The van der Waals surface area contributed by atoms with Crippen molar-refractivity contribution in [2.24, 2.45) is 0 Å². The summed E-state index contributed by atoms with van der Waals surface area (Å²) in [5.74, 6) is 0. The smallest absolute Gasteiger partial charge is 0.261 e. The molecule has 0 unspecified atom stereocenters. The predicted molar refractivity (Wildman–Crippen MR) is 115 cm³/mol. The number of aryl methyl sites for hydroxylation is 1. The lowest BCUT2D eigenvalue weighted by atomic mass is 10.1. The Labute approximate surface area is 173 Å². The molecule has 0 fully saturated rings. The lowest BCUT2D eigenvalue weighted by Gasteiger charge is -2.08. The second-order valence-corrected chi connectivity index (χ2v) is 7.51. The summed E-state index contributed by atoms with van der Waals surface area (Å²) < 4.78 is 8.85. The van der Waals surface area contributed by atoms with Gasteiger partial charge in [-0.1, -0.05) is 43.5 Å². The average Bonchev–Trinajstić information content (AvgIpc) is 3.09. The van der Waals surface area contributed by atoms with Crippen LogP contribution in [0.3, 0.4) is 0 Å². The van der Waals surface area contributed by atoms with E-state index in [2.05, 4.69) is 11.9 Å². The topological polar surface area (TPSA) is 61.4 Å². The summed E-state index contributed by atoms with van der Waals surface area (Å²) in [6.45, 7) is 3.21. The predicted octanol–water partition coefficient (Wildman–Crippen LogP) is 4.70. The molecule has 0 radical (unpaired) electrons. The Morgan fingerprint density at radius 1 is 1.14 bits per heavy atom. The van der Waals surface area contributed by atoms with Crippen LogP contribution < -0.4 is 5.56 Å². The van der Waals surface area contributed by atoms with E-state index in [1.165, 1.54) is 0 Å². The summed E-state index contributed by atoms with van der Waals surface area (Å²) in [6, 6.07) is 9.50. The standard InChI is InChI=1S/C22H23ClN4O2/c1-3-4-5-11-26-12-10-19-17(22(26)28)13-24-21-20(15-6-8-16(23)9-7-15)18(14-29-2)25-27(19)21/h6-10,12-13H,3-5,11,14H2,1-2H3. The van der Waals surface area contributed by atoms with Gasteiger partial charge in [-0.25, -0.2) is 9.50 Å². The first-order valence-corrected chi connectivity index (χ1v) is 10.2. The van der Waals surface area contributed by atoms with Gasteiger partial charge in [-0.3, -0.25) is 4.79 Å². The molecule has 3 heterocycles. The number of unbranched alkanes of at least 4 members (excludes halogenated alkanes) is 2. The van der Waals surface area contributed by atoms with Crippen molar-refractivity contribution in [3.05, 3.63) is 63.8 Å². The molecule has 4 rings (SSSR count). The van der Waals surface area contributed by atoms with Gasteiger partial charge in [0.1, 0.15) is 0 Å². The summed E-state index contributed by atoms with van der Waals surface area (Å²) in [5.41, 5.74) is 4.00. The number of pyridine rings is 1. The Morgan fingerprint density at radius 3 is 2.66 bits per heavy atom. The summed E-state index contributed by atoms with van der Waals surface area (Å²) in [6.07, 6.45) is 6.71. The molecule has 0 amide bonds. The van der Waals surface area contributed by atoms with Crippen molar-refractivity contribution in [2.75, 3.05) is 7.11 Å². The summed E-state index contributed by atoms with van der Waals surface area (Å²) in [4.78, 5) is 17.5. The van der Waals surface area contributed by atoms with Gasteiger partial charge in [-0.05, 0) is 30.2 Å². The van der Waals surface area contributed by atoms with Crippen LogP contribution in [0, 0.1) is 0 Å². The SMILES string of the molecule is CCCCCn1ccc2c(cnc3c(-c4ccc(Cl)cc4)c(COC)nn32)c1=O. The van der Waals surface area contributed by atoms with E-state index in [0.717, 1.165) is 41.6 Å². The fourth-order valence-corrected chi connectivity index (χ4v) is 3.74. The molecule has 0 aliphatic rings. The van der Waals surface area contributed by atoms with Gasteiger partial charge >= 0.3 is 0 Å². The Morgan fingerprint density at radius 2 is 1.93 bits per heavy atom. The van der Waals surface area contributed by atoms with Crippen LogP contribution >= 0.6 is 11.6 Å². The Kier molecular flexibility index (Phi) is 5.65. The minimum absolute atomic E-state index is 0.0372. The summed E-state index contributed by atoms with van der Waals surface area (Å²) >= 11 is 6.05. The number of nitrogens with zero attached hydrogens (tertiary/aromatic N) is 4. The molecule has 0 atom stereocenters. The minimum atomic E-state index is -0.0372. The number of fused-ring (bicyclic) bond motifs is 3. The minimum Gasteiger partial charge on any atom is -0.378 e. The first-order valence-electron chi connectivity index (χ1n) is 9.78. The number of hydrogen-bond acceptors (Lipinski definition) is 4. The molecule has 0 spiro atoms. The van der Waals surface area contributed by atoms with E-state index >= 15 is 0 Å². The van der Waals surface area contributed by atoms with Crippen molar-refractivity contribution in [2.45, 2.75) is 39.3 Å². The molecule has 7 heteroatoms. The monoisotopic (exact) mass is 410 g/mol. The number of rotatable bonds is 7. The largest absolute Gasteiger partial charge is 0.378 e. The van der Waals surface area contributed by atoms with Gasteiger partial charge < -0.3 is 9.30 Å². The van der Waals surface area contributed by atoms with Gasteiger partial charge in [0.15, 0.2) is 5.65 Å². The summed E-state index contributed by atoms with van der Waals surface area (Å²) in [5, 5.41) is 5.95. The number of methoxy groups -OCH3 is 1. The maximum absolute atomic E-state index is 12.9. The Bertz CT molecular complexity index is 1210. The third-order valence-electron chi connectivity index (χ3n) is 5.07. The molecule has 6 nitrogen and oxygen atoms in total. The summed E-state index contributed by atoms with van der Waals surface area (Å²) in [7, 11) is 1.64. The molecule has 0 aliphatic heterocycles. The van der Waals surface area contributed by atoms with Crippen LogP contribution in [-0.4, -0.2) is 26.3 Å². The van der Waals surface area contributed by atoms with E-state index in [4.69, 9.17) is 21.4 Å². The van der Waals surface area contributed by atoms with E-state index < -0.39 is 0 Å². The van der Waals surface area contributed by atoms with Crippen LogP contribution in [0.4, 0.5) is 0 Å². The normalized spacial score (nSPS) is 11.6. The molecular weight excluding hydrogens is 388 g/mol. The molecule has 1 aromatic carbocycles. The molecule has 0 saturated heterocycles. The van der Waals surface area contributed by atoms with Crippen LogP contribution in [0.1, 0.15) is 31.9 Å². The van der Waals surface area contributed by atoms with Crippen LogP contribution in [0.5, 0.6) is 0 Å². The van der Waals surface area contributed by atoms with Crippen molar-refractivity contribution in [1.29, 1.82) is 0 Å². The van der Waals surface area contributed by atoms with E-state index in [0.29, 0.717) is 29.2 Å². The molecule has 0 aliphatic carbocycles. The fraction of sp³-hybridized carbons (Fsp3) is 0.318. The van der Waals surface area contributed by atoms with Crippen molar-refractivity contribution in [1.82, 2.24) is 19.2 Å². The fourth-order valence-electron chi connectivity index (χ4n) is 3.61. The maximum Gasteiger partial charge on any atom is 0.261 e. The van der Waals surface area contributed by atoms with Gasteiger partial charge in [0.05, 0.1) is 28.8 Å². The van der Waals surface area contributed by atoms with Crippen LogP contribution in [-0.2, 0) is 17.9 Å². The van der Waals surface area contributed by atoms with Gasteiger partial charge in [0.25, 0.3) is 5.56 Å². The third kappa shape index (κ3) is 3.66. The Balaban J connectivity index is 1.90. The first kappa shape index (κ1) is 19.6. The molecule has 0 N–H and O–H groups in total. The number of halogens is 1. The zero-order valence-corrected chi connectivity index (χ0v) is 17.3. The zero-order chi connectivity index (χ0) is 20.4. The quantitative estimate of drug-likeness (QED) is 0.414. The van der Waals surface area contributed by atoms with Crippen LogP contribution in [0.15, 0.2) is 47.5 Å². The van der Waals surface area contributed by atoms with Gasteiger partial charge in [-0.2, -0.15) is 5.10 Å². The second kappa shape index (κ2) is 8.35. The zero-order valence-electron chi connectivity index (χ0n) is 16.6. The molecule has 0 bridgehead atoms. The van der Waals surface area contributed by atoms with Crippen molar-refractivity contribution >= 4 is 28.2 Å². The highest BCUT2D eigenvalue weighted by molar-refractivity contribution is 6.30. The van der Waals surface area contributed by atoms with E-state index in [1.54, 1.807) is 22.4 Å².